The molecule has 1 aliphatic heterocycles. The van der Waals surface area contributed by atoms with Gasteiger partial charge in [-0.3, -0.25) is 10.1 Å². The molecule has 1 aliphatic rings. The van der Waals surface area contributed by atoms with Crippen LogP contribution in [-0.2, 0) is 15.1 Å². The van der Waals surface area contributed by atoms with E-state index in [2.05, 4.69) is 22.2 Å². The van der Waals surface area contributed by atoms with Crippen LogP contribution in [-0.4, -0.2) is 24.5 Å². The van der Waals surface area contributed by atoms with Gasteiger partial charge in [-0.1, -0.05) is 74.0 Å². The van der Waals surface area contributed by atoms with Crippen molar-refractivity contribution < 1.29 is 9.53 Å². The number of hydrogen-bond donors (Lipinski definition) is 2. The largest absolute Gasteiger partial charge is 0.465 e. The van der Waals surface area contributed by atoms with E-state index in [0.29, 0.717) is 6.61 Å². The maximum atomic E-state index is 13.0. The second kappa shape index (κ2) is 7.82. The van der Waals surface area contributed by atoms with Crippen LogP contribution in [0.4, 0.5) is 0 Å². The van der Waals surface area contributed by atoms with E-state index >= 15 is 0 Å². The summed E-state index contributed by atoms with van der Waals surface area (Å²) >= 11 is 0. The third-order valence-corrected chi connectivity index (χ3v) is 4.17. The molecular weight excluding hydrogens is 328 g/mol. The number of nitrogens with zero attached hydrogens (tertiary/aromatic N) is 2. The number of unbranched alkanes of at least 4 members (excludes halogenated alkanes) is 1. The van der Waals surface area contributed by atoms with E-state index in [9.17, 15) is 4.79 Å². The van der Waals surface area contributed by atoms with Gasteiger partial charge in [-0.15, -0.1) is 0 Å². The Balaban J connectivity index is 2.01. The third kappa shape index (κ3) is 3.44. The zero-order valence-electron chi connectivity index (χ0n) is 14.7. The molecule has 2 aromatic rings. The van der Waals surface area contributed by atoms with Gasteiger partial charge in [-0.05, 0) is 17.5 Å². The maximum absolute atomic E-state index is 13.0. The highest BCUT2D eigenvalue weighted by molar-refractivity contribution is 6.11. The molecule has 134 valence electrons. The SMILES string of the molecule is CCCCO/C(N)=N/C1=NC(c2ccccc2)(c2ccccc2)C(=O)N1. The molecule has 0 unspecified atom stereocenters. The maximum Gasteiger partial charge on any atom is 0.289 e. The molecule has 6 nitrogen and oxygen atoms in total. The summed E-state index contributed by atoms with van der Waals surface area (Å²) in [5.74, 6) is -0.119. The van der Waals surface area contributed by atoms with Gasteiger partial charge in [0.05, 0.1) is 6.61 Å². The fourth-order valence-corrected chi connectivity index (χ4v) is 2.86. The monoisotopic (exact) mass is 350 g/mol. The number of guanidine groups is 1. The number of ether oxygens (including phenoxy) is 1. The predicted molar refractivity (Wildman–Crippen MR) is 102 cm³/mol. The minimum atomic E-state index is -1.19. The molecule has 0 fully saturated rings. The van der Waals surface area contributed by atoms with Gasteiger partial charge in [0.2, 0.25) is 5.96 Å². The zero-order chi connectivity index (χ0) is 18.4. The molecule has 0 spiro atoms. The van der Waals surface area contributed by atoms with Crippen molar-refractivity contribution in [3.63, 3.8) is 0 Å². The Labute approximate surface area is 152 Å². The van der Waals surface area contributed by atoms with Crippen molar-refractivity contribution >= 4 is 17.9 Å². The van der Waals surface area contributed by atoms with Crippen molar-refractivity contribution in [1.82, 2.24) is 5.32 Å². The summed E-state index contributed by atoms with van der Waals surface area (Å²) in [5, 5.41) is 2.73. The van der Waals surface area contributed by atoms with Gasteiger partial charge in [0, 0.05) is 0 Å². The van der Waals surface area contributed by atoms with Crippen molar-refractivity contribution in [3.05, 3.63) is 71.8 Å². The first-order valence-electron chi connectivity index (χ1n) is 8.66. The molecule has 0 radical (unpaired) electrons. The van der Waals surface area contributed by atoms with Gasteiger partial charge in [-0.2, -0.15) is 4.99 Å². The molecule has 6 heteroatoms. The molecule has 2 aromatic carbocycles. The van der Waals surface area contributed by atoms with Gasteiger partial charge in [0.1, 0.15) is 0 Å². The first-order valence-corrected chi connectivity index (χ1v) is 8.66. The predicted octanol–water partition coefficient (Wildman–Crippen LogP) is 2.55. The molecule has 26 heavy (non-hydrogen) atoms. The number of amides is 1. The Morgan fingerprint density at radius 2 is 1.69 bits per heavy atom. The van der Waals surface area contributed by atoms with Gasteiger partial charge in [-0.25, -0.2) is 4.99 Å². The van der Waals surface area contributed by atoms with Crippen LogP contribution in [0.1, 0.15) is 30.9 Å². The summed E-state index contributed by atoms with van der Waals surface area (Å²) in [6.07, 6.45) is 1.88. The highest BCUT2D eigenvalue weighted by atomic mass is 16.5. The molecule has 3 rings (SSSR count). The normalized spacial score (nSPS) is 16.1. The molecular formula is C20H22N4O2. The van der Waals surface area contributed by atoms with Crippen LogP contribution in [0.5, 0.6) is 0 Å². The minimum Gasteiger partial charge on any atom is -0.465 e. The number of aliphatic imine (C=N–C) groups is 2. The molecule has 0 aliphatic carbocycles. The molecule has 3 N–H and O–H groups in total. The fourth-order valence-electron chi connectivity index (χ4n) is 2.86. The molecule has 0 saturated carbocycles. The van der Waals surface area contributed by atoms with Crippen LogP contribution in [0.15, 0.2) is 70.6 Å². The number of nitrogens with one attached hydrogen (secondary N) is 1. The van der Waals surface area contributed by atoms with E-state index in [1.165, 1.54) is 0 Å². The van der Waals surface area contributed by atoms with Crippen LogP contribution in [0.3, 0.4) is 0 Å². The van der Waals surface area contributed by atoms with Crippen LogP contribution < -0.4 is 11.1 Å². The Morgan fingerprint density at radius 3 is 2.23 bits per heavy atom. The van der Waals surface area contributed by atoms with E-state index in [-0.39, 0.29) is 17.9 Å². The Kier molecular flexibility index (Phi) is 5.31. The topological polar surface area (TPSA) is 89.1 Å². The molecule has 0 atom stereocenters. The Hall–Kier alpha value is -3.15. The average molecular weight is 350 g/mol. The summed E-state index contributed by atoms with van der Waals surface area (Å²) in [6.45, 7) is 2.54. The smallest absolute Gasteiger partial charge is 0.289 e. The number of rotatable bonds is 5. The summed E-state index contributed by atoms with van der Waals surface area (Å²) in [5.41, 5.74) is 6.14. The van der Waals surface area contributed by atoms with Crippen LogP contribution in [0.25, 0.3) is 0 Å². The summed E-state index contributed by atoms with van der Waals surface area (Å²) in [7, 11) is 0. The van der Waals surface area contributed by atoms with Crippen molar-refractivity contribution in [2.75, 3.05) is 6.61 Å². The Morgan fingerprint density at radius 1 is 1.12 bits per heavy atom. The van der Waals surface area contributed by atoms with E-state index in [4.69, 9.17) is 10.5 Å². The second-order valence-corrected chi connectivity index (χ2v) is 5.98. The Bertz CT molecular complexity index is 777. The lowest BCUT2D eigenvalue weighted by Crippen LogP contribution is -2.38. The average Bonchev–Trinajstić information content (AvgIpc) is 3.00. The minimum absolute atomic E-state index is 0.00516. The zero-order valence-corrected chi connectivity index (χ0v) is 14.7. The molecule has 0 saturated heterocycles. The number of carbonyl (C=O) groups excluding carboxylic acids is 1. The number of benzene rings is 2. The van der Waals surface area contributed by atoms with Crippen molar-refractivity contribution in [3.8, 4) is 0 Å². The van der Waals surface area contributed by atoms with Crippen LogP contribution in [0, 0.1) is 0 Å². The van der Waals surface area contributed by atoms with E-state index in [0.717, 1.165) is 24.0 Å². The van der Waals surface area contributed by atoms with Gasteiger partial charge in [0.25, 0.3) is 11.9 Å². The summed E-state index contributed by atoms with van der Waals surface area (Å²) in [4.78, 5) is 21.7. The second-order valence-electron chi connectivity index (χ2n) is 5.98. The van der Waals surface area contributed by atoms with Gasteiger partial charge in [0.15, 0.2) is 5.54 Å². The number of amidine groups is 1. The lowest BCUT2D eigenvalue weighted by atomic mass is 9.83. The van der Waals surface area contributed by atoms with Gasteiger partial charge < -0.3 is 10.5 Å². The standard InChI is InChI=1S/C20H22N4O2/c1-2-3-14-26-18(21)23-19-22-17(25)20(24-19,15-10-6-4-7-11-15)16-12-8-5-9-13-16/h4-13H,2-3,14H2,1H3,(H3,21,22,23,24,25). The van der Waals surface area contributed by atoms with Crippen LogP contribution in [0.2, 0.25) is 0 Å². The fraction of sp³-hybridized carbons (Fsp3) is 0.250. The number of hydrogen-bond acceptors (Lipinski definition) is 4. The number of nitrogens with two attached hydrogens (primary N) is 1. The molecule has 0 bridgehead atoms. The summed E-state index contributed by atoms with van der Waals surface area (Å²) in [6, 6.07) is 18.8. The first-order chi connectivity index (χ1) is 12.7. The van der Waals surface area contributed by atoms with E-state index < -0.39 is 5.54 Å². The highest BCUT2D eigenvalue weighted by Gasteiger charge is 2.47. The first kappa shape index (κ1) is 17.7. The lowest BCUT2D eigenvalue weighted by molar-refractivity contribution is -0.122. The quantitative estimate of drug-likeness (QED) is 0.493. The lowest BCUT2D eigenvalue weighted by Gasteiger charge is -2.24. The van der Waals surface area contributed by atoms with E-state index in [1.807, 2.05) is 60.7 Å². The van der Waals surface area contributed by atoms with Crippen molar-refractivity contribution in [1.29, 1.82) is 0 Å². The van der Waals surface area contributed by atoms with Crippen molar-refractivity contribution in [2.45, 2.75) is 25.3 Å². The number of carbonyl (C=O) groups is 1. The van der Waals surface area contributed by atoms with Crippen molar-refractivity contribution in [2.24, 2.45) is 15.7 Å². The molecule has 1 heterocycles. The van der Waals surface area contributed by atoms with Gasteiger partial charge >= 0.3 is 0 Å². The highest BCUT2D eigenvalue weighted by Crippen LogP contribution is 2.36. The third-order valence-electron chi connectivity index (χ3n) is 4.17. The molecule has 0 aromatic heterocycles. The van der Waals surface area contributed by atoms with Crippen LogP contribution >= 0.6 is 0 Å². The van der Waals surface area contributed by atoms with E-state index in [1.54, 1.807) is 0 Å². The summed E-state index contributed by atoms with van der Waals surface area (Å²) < 4.78 is 5.35. The molecule has 1 amide bonds.